The lowest BCUT2D eigenvalue weighted by Crippen LogP contribution is -2.50. The van der Waals surface area contributed by atoms with Gasteiger partial charge in [-0.15, -0.1) is 24.0 Å². The molecule has 0 aromatic heterocycles. The topological polar surface area (TPSA) is 66.0 Å². The molecular formula is C24H32FIN4O2. The molecule has 2 atom stereocenters. The standard InChI is InChI=1S/C24H31FN4O2.HI/c1-4-12-27-23(30)20-7-5-6-18(13-20)14-28-24(26-3)29-15-17(2)31-22(16-29)19-8-10-21(25)11-9-19;/h5-11,13,17,22H,4,12,14-16H2,1-3H3,(H,26,28)(H,27,30);1H. The van der Waals surface area contributed by atoms with Gasteiger partial charge in [-0.2, -0.15) is 0 Å². The van der Waals surface area contributed by atoms with Gasteiger partial charge in [0.2, 0.25) is 0 Å². The molecule has 1 fully saturated rings. The molecule has 174 valence electrons. The van der Waals surface area contributed by atoms with Gasteiger partial charge in [-0.05, 0) is 48.7 Å². The largest absolute Gasteiger partial charge is 0.367 e. The summed E-state index contributed by atoms with van der Waals surface area (Å²) in [7, 11) is 1.75. The van der Waals surface area contributed by atoms with Crippen molar-refractivity contribution in [3.8, 4) is 0 Å². The first-order valence-corrected chi connectivity index (χ1v) is 10.7. The van der Waals surface area contributed by atoms with E-state index in [4.69, 9.17) is 4.74 Å². The van der Waals surface area contributed by atoms with Crippen molar-refractivity contribution in [2.45, 2.75) is 39.0 Å². The fourth-order valence-corrected chi connectivity index (χ4v) is 3.66. The van der Waals surface area contributed by atoms with Gasteiger partial charge in [0.25, 0.3) is 5.91 Å². The number of nitrogens with one attached hydrogen (secondary N) is 2. The van der Waals surface area contributed by atoms with E-state index in [1.54, 1.807) is 19.2 Å². The molecule has 0 spiro atoms. The number of aliphatic imine (C=N–C) groups is 1. The Labute approximate surface area is 206 Å². The monoisotopic (exact) mass is 554 g/mol. The Morgan fingerprint density at radius 3 is 2.62 bits per heavy atom. The van der Waals surface area contributed by atoms with Crippen LogP contribution in [0.1, 0.15) is 47.9 Å². The predicted molar refractivity (Wildman–Crippen MR) is 136 cm³/mol. The summed E-state index contributed by atoms with van der Waals surface area (Å²) in [6, 6.07) is 14.0. The zero-order valence-electron chi connectivity index (χ0n) is 18.8. The maximum atomic E-state index is 13.3. The number of hydrogen-bond donors (Lipinski definition) is 2. The minimum atomic E-state index is -0.257. The second-order valence-electron chi connectivity index (χ2n) is 7.75. The van der Waals surface area contributed by atoms with Crippen LogP contribution in [0, 0.1) is 5.82 Å². The number of ether oxygens (including phenoxy) is 1. The summed E-state index contributed by atoms with van der Waals surface area (Å²) in [4.78, 5) is 18.8. The third-order valence-electron chi connectivity index (χ3n) is 5.19. The summed E-state index contributed by atoms with van der Waals surface area (Å²) in [5.74, 6) is 0.452. The maximum Gasteiger partial charge on any atom is 0.251 e. The maximum absolute atomic E-state index is 13.3. The van der Waals surface area contributed by atoms with Crippen molar-refractivity contribution in [2.24, 2.45) is 4.99 Å². The molecule has 0 bridgehead atoms. The first-order valence-electron chi connectivity index (χ1n) is 10.7. The quantitative estimate of drug-likeness (QED) is 0.321. The van der Waals surface area contributed by atoms with Gasteiger partial charge >= 0.3 is 0 Å². The second kappa shape index (κ2) is 12.7. The molecule has 8 heteroatoms. The zero-order valence-corrected chi connectivity index (χ0v) is 21.1. The molecule has 0 saturated carbocycles. The van der Waals surface area contributed by atoms with Gasteiger partial charge < -0.3 is 20.3 Å². The van der Waals surface area contributed by atoms with Crippen molar-refractivity contribution >= 4 is 35.8 Å². The lowest BCUT2D eigenvalue weighted by Gasteiger charge is -2.38. The summed E-state index contributed by atoms with van der Waals surface area (Å²) in [6.45, 7) is 6.59. The Bertz CT molecular complexity index is 907. The van der Waals surface area contributed by atoms with Crippen LogP contribution in [-0.2, 0) is 11.3 Å². The fraction of sp³-hybridized carbons (Fsp3) is 0.417. The predicted octanol–water partition coefficient (Wildman–Crippen LogP) is 4.12. The van der Waals surface area contributed by atoms with Crippen LogP contribution in [0.15, 0.2) is 53.5 Å². The fourth-order valence-electron chi connectivity index (χ4n) is 3.66. The minimum Gasteiger partial charge on any atom is -0.367 e. The van der Waals surface area contributed by atoms with Gasteiger partial charge in [-0.3, -0.25) is 9.79 Å². The number of hydrogen-bond acceptors (Lipinski definition) is 3. The summed E-state index contributed by atoms with van der Waals surface area (Å²) in [5.41, 5.74) is 2.60. The Morgan fingerprint density at radius 1 is 1.19 bits per heavy atom. The van der Waals surface area contributed by atoms with Gasteiger partial charge in [0.15, 0.2) is 5.96 Å². The molecule has 2 unspecified atom stereocenters. The van der Waals surface area contributed by atoms with Gasteiger partial charge in [0.05, 0.1) is 12.6 Å². The first kappa shape index (κ1) is 26.1. The minimum absolute atomic E-state index is 0. The van der Waals surface area contributed by atoms with Gasteiger partial charge in [-0.25, -0.2) is 4.39 Å². The molecule has 1 aliphatic rings. The molecule has 0 radical (unpaired) electrons. The number of benzene rings is 2. The summed E-state index contributed by atoms with van der Waals surface area (Å²) in [5, 5.41) is 6.30. The number of guanidine groups is 1. The number of morpholine rings is 1. The number of carbonyl (C=O) groups is 1. The van der Waals surface area contributed by atoms with Crippen LogP contribution in [0.2, 0.25) is 0 Å². The third-order valence-corrected chi connectivity index (χ3v) is 5.19. The smallest absolute Gasteiger partial charge is 0.251 e. The van der Waals surface area contributed by atoms with Crippen molar-refractivity contribution < 1.29 is 13.9 Å². The lowest BCUT2D eigenvalue weighted by atomic mass is 10.1. The van der Waals surface area contributed by atoms with E-state index in [-0.39, 0.29) is 47.9 Å². The molecule has 2 aromatic rings. The van der Waals surface area contributed by atoms with Crippen LogP contribution < -0.4 is 10.6 Å². The Morgan fingerprint density at radius 2 is 1.94 bits per heavy atom. The van der Waals surface area contributed by atoms with Gasteiger partial charge in [0.1, 0.15) is 11.9 Å². The molecule has 0 aliphatic carbocycles. The highest BCUT2D eigenvalue weighted by Gasteiger charge is 2.28. The molecule has 6 nitrogen and oxygen atoms in total. The average molecular weight is 554 g/mol. The number of nitrogens with zero attached hydrogens (tertiary/aromatic N) is 2. The SMILES string of the molecule is CCCNC(=O)c1cccc(CNC(=NC)N2CC(C)OC(c3ccc(F)cc3)C2)c1.I. The van der Waals surface area contributed by atoms with E-state index in [1.807, 2.05) is 38.1 Å². The molecule has 1 aliphatic heterocycles. The van der Waals surface area contributed by atoms with Crippen LogP contribution >= 0.6 is 24.0 Å². The van der Waals surface area contributed by atoms with Crippen LogP contribution in [0.4, 0.5) is 4.39 Å². The molecule has 2 aromatic carbocycles. The molecule has 1 amide bonds. The van der Waals surface area contributed by atoms with Crippen LogP contribution in [0.3, 0.4) is 0 Å². The molecular weight excluding hydrogens is 522 g/mol. The van der Waals surface area contributed by atoms with Gasteiger partial charge in [-0.1, -0.05) is 31.2 Å². The van der Waals surface area contributed by atoms with Crippen LogP contribution in [0.25, 0.3) is 0 Å². The number of halogens is 2. The highest BCUT2D eigenvalue weighted by molar-refractivity contribution is 14.0. The van der Waals surface area contributed by atoms with Crippen molar-refractivity contribution in [1.82, 2.24) is 15.5 Å². The Hall–Kier alpha value is -2.20. The van der Waals surface area contributed by atoms with E-state index in [9.17, 15) is 9.18 Å². The van der Waals surface area contributed by atoms with Crippen molar-refractivity contribution in [2.75, 3.05) is 26.7 Å². The van der Waals surface area contributed by atoms with E-state index in [2.05, 4.69) is 20.5 Å². The molecule has 1 heterocycles. The summed E-state index contributed by atoms with van der Waals surface area (Å²) in [6.07, 6.45) is 0.752. The molecule has 32 heavy (non-hydrogen) atoms. The highest BCUT2D eigenvalue weighted by Crippen LogP contribution is 2.25. The van der Waals surface area contributed by atoms with E-state index >= 15 is 0 Å². The van der Waals surface area contributed by atoms with Crippen molar-refractivity contribution in [1.29, 1.82) is 0 Å². The van der Waals surface area contributed by atoms with E-state index < -0.39 is 0 Å². The highest BCUT2D eigenvalue weighted by atomic mass is 127. The van der Waals surface area contributed by atoms with Crippen molar-refractivity contribution in [3.63, 3.8) is 0 Å². The molecule has 3 rings (SSSR count). The van der Waals surface area contributed by atoms with Crippen LogP contribution in [0.5, 0.6) is 0 Å². The third kappa shape index (κ3) is 7.16. The van der Waals surface area contributed by atoms with E-state index in [0.29, 0.717) is 31.7 Å². The summed E-state index contributed by atoms with van der Waals surface area (Å²) >= 11 is 0. The van der Waals surface area contributed by atoms with E-state index in [0.717, 1.165) is 23.5 Å². The Kier molecular flexibility index (Phi) is 10.4. The average Bonchev–Trinajstić information content (AvgIpc) is 2.78. The summed E-state index contributed by atoms with van der Waals surface area (Å²) < 4.78 is 19.4. The van der Waals surface area contributed by atoms with Gasteiger partial charge in [0, 0.05) is 32.2 Å². The molecule has 1 saturated heterocycles. The number of amides is 1. The number of carbonyl (C=O) groups excluding carboxylic acids is 1. The first-order chi connectivity index (χ1) is 15.0. The van der Waals surface area contributed by atoms with Crippen molar-refractivity contribution in [3.05, 3.63) is 71.0 Å². The zero-order chi connectivity index (χ0) is 22.2. The van der Waals surface area contributed by atoms with Crippen LogP contribution in [-0.4, -0.2) is 49.6 Å². The lowest BCUT2D eigenvalue weighted by molar-refractivity contribution is -0.0605. The Balaban J connectivity index is 0.00000363. The van der Waals surface area contributed by atoms with E-state index in [1.165, 1.54) is 12.1 Å². The normalized spacial score (nSPS) is 18.6. The second-order valence-corrected chi connectivity index (χ2v) is 7.75. The molecule has 2 N–H and O–H groups in total. The number of rotatable bonds is 6.